The average molecular weight is 340 g/mol. The quantitative estimate of drug-likeness (QED) is 0.566. The zero-order valence-electron chi connectivity index (χ0n) is 13.7. The first-order valence-electron chi connectivity index (χ1n) is 7.71. The van der Waals surface area contributed by atoms with E-state index in [4.69, 9.17) is 9.26 Å². The lowest BCUT2D eigenvalue weighted by Gasteiger charge is -2.03. The van der Waals surface area contributed by atoms with Gasteiger partial charge in [-0.3, -0.25) is 0 Å². The summed E-state index contributed by atoms with van der Waals surface area (Å²) in [4.78, 5) is 17.3. The second-order valence-electron chi connectivity index (χ2n) is 5.32. The zero-order valence-corrected chi connectivity index (χ0v) is 13.7. The number of hydrogen-bond acceptors (Lipinski definition) is 8. The third kappa shape index (κ3) is 2.89. The van der Waals surface area contributed by atoms with Crippen molar-refractivity contribution in [2.45, 2.75) is 20.0 Å². The molecule has 4 aromatic rings. The highest BCUT2D eigenvalue weighted by Crippen LogP contribution is 2.22. The van der Waals surface area contributed by atoms with Gasteiger partial charge in [-0.05, 0) is 12.1 Å². The predicted octanol–water partition coefficient (Wildman–Crippen LogP) is 1.83. The van der Waals surface area contributed by atoms with E-state index >= 15 is 0 Å². The van der Waals surface area contributed by atoms with E-state index in [1.165, 1.54) is 6.33 Å². The number of aromatic nitrogens is 7. The van der Waals surface area contributed by atoms with Crippen molar-refractivity contribution >= 4 is 22.8 Å². The minimum absolute atomic E-state index is 0.433. The van der Waals surface area contributed by atoms with E-state index in [0.717, 1.165) is 6.54 Å². The Kier molecular flexibility index (Phi) is 3.77. The Labute approximate surface area is 142 Å². The summed E-state index contributed by atoms with van der Waals surface area (Å²) in [5, 5.41) is 6.97. The van der Waals surface area contributed by atoms with Gasteiger partial charge in [0.1, 0.15) is 12.1 Å². The molecule has 0 saturated heterocycles. The van der Waals surface area contributed by atoms with Crippen LogP contribution >= 0.6 is 0 Å². The number of anilines is 2. The molecule has 4 heterocycles. The molecule has 128 valence electrons. The highest BCUT2D eigenvalue weighted by molar-refractivity contribution is 5.84. The van der Waals surface area contributed by atoms with E-state index in [0.29, 0.717) is 41.0 Å². The molecule has 10 heteroatoms. The molecule has 0 aliphatic carbocycles. The van der Waals surface area contributed by atoms with Gasteiger partial charge in [-0.2, -0.15) is 0 Å². The van der Waals surface area contributed by atoms with Crippen molar-refractivity contribution in [1.82, 2.24) is 34.2 Å². The molecule has 0 bridgehead atoms. The summed E-state index contributed by atoms with van der Waals surface area (Å²) < 4.78 is 14.1. The Morgan fingerprint density at radius 2 is 2.12 bits per heavy atom. The van der Waals surface area contributed by atoms with Crippen molar-refractivity contribution in [2.24, 2.45) is 0 Å². The second kappa shape index (κ2) is 6.23. The van der Waals surface area contributed by atoms with E-state index in [-0.39, 0.29) is 0 Å². The molecule has 0 unspecified atom stereocenters. The largest absolute Gasteiger partial charge is 0.479 e. The van der Waals surface area contributed by atoms with E-state index in [1.54, 1.807) is 25.8 Å². The lowest BCUT2D eigenvalue weighted by molar-refractivity contribution is 0.324. The third-order valence-electron chi connectivity index (χ3n) is 3.72. The van der Waals surface area contributed by atoms with Crippen LogP contribution in [0, 0.1) is 0 Å². The van der Waals surface area contributed by atoms with Crippen molar-refractivity contribution in [3.8, 4) is 5.88 Å². The van der Waals surface area contributed by atoms with Gasteiger partial charge in [0.25, 0.3) is 5.88 Å². The maximum Gasteiger partial charge on any atom is 0.254 e. The Hall–Kier alpha value is -3.43. The van der Waals surface area contributed by atoms with E-state index in [9.17, 15) is 0 Å². The van der Waals surface area contributed by atoms with Gasteiger partial charge in [-0.15, -0.1) is 0 Å². The number of rotatable bonds is 6. The van der Waals surface area contributed by atoms with E-state index in [1.807, 2.05) is 15.3 Å². The molecule has 0 fully saturated rings. The smallest absolute Gasteiger partial charge is 0.254 e. The summed E-state index contributed by atoms with van der Waals surface area (Å²) >= 11 is 0. The van der Waals surface area contributed by atoms with Gasteiger partial charge >= 0.3 is 0 Å². The number of aryl methyl sites for hydroxylation is 1. The molecule has 0 saturated carbocycles. The van der Waals surface area contributed by atoms with Crippen LogP contribution in [0.25, 0.3) is 11.2 Å². The van der Waals surface area contributed by atoms with Crippen molar-refractivity contribution in [1.29, 1.82) is 0 Å². The topological polar surface area (TPSA) is 109 Å². The summed E-state index contributed by atoms with van der Waals surface area (Å²) in [5.41, 5.74) is 1.34. The van der Waals surface area contributed by atoms with Crippen LogP contribution in [0.15, 0.2) is 35.8 Å². The van der Waals surface area contributed by atoms with Crippen molar-refractivity contribution in [3.63, 3.8) is 0 Å². The normalized spacial score (nSPS) is 11.1. The van der Waals surface area contributed by atoms with Gasteiger partial charge in [0, 0.05) is 18.8 Å². The second-order valence-corrected chi connectivity index (χ2v) is 5.32. The Bertz CT molecular complexity index is 1000. The summed E-state index contributed by atoms with van der Waals surface area (Å²) in [6.45, 7) is 3.34. The van der Waals surface area contributed by atoms with Crippen LogP contribution in [-0.4, -0.2) is 41.3 Å². The number of nitrogens with one attached hydrogen (secondary N) is 1. The zero-order chi connectivity index (χ0) is 17.2. The molecule has 0 aliphatic rings. The fourth-order valence-corrected chi connectivity index (χ4v) is 2.44. The van der Waals surface area contributed by atoms with Crippen molar-refractivity contribution < 1.29 is 9.26 Å². The fourth-order valence-electron chi connectivity index (χ4n) is 2.44. The predicted molar refractivity (Wildman–Crippen MR) is 88.7 cm³/mol. The first-order chi connectivity index (χ1) is 12.3. The Morgan fingerprint density at radius 1 is 1.20 bits per heavy atom. The number of hydrogen-bond donors (Lipinski definition) is 1. The fraction of sp³-hybridized carbons (Fsp3) is 0.267. The first-order valence-corrected chi connectivity index (χ1v) is 7.71. The number of fused-ring (bicyclic) bond motifs is 1. The van der Waals surface area contributed by atoms with Gasteiger partial charge in [-0.1, -0.05) is 0 Å². The highest BCUT2D eigenvalue weighted by Gasteiger charge is 2.13. The monoisotopic (exact) mass is 340 g/mol. The van der Waals surface area contributed by atoms with Crippen LogP contribution < -0.4 is 10.1 Å². The minimum Gasteiger partial charge on any atom is -0.479 e. The molecule has 0 aliphatic heterocycles. The highest BCUT2D eigenvalue weighted by atomic mass is 16.5. The lowest BCUT2D eigenvalue weighted by atomic mass is 10.4. The van der Waals surface area contributed by atoms with Gasteiger partial charge in [0.2, 0.25) is 0 Å². The summed E-state index contributed by atoms with van der Waals surface area (Å²) in [6, 6.07) is 1.73. The number of nitrogens with zero attached hydrogens (tertiary/aromatic N) is 7. The summed E-state index contributed by atoms with van der Waals surface area (Å²) in [7, 11) is 1.54. The number of methoxy groups -OCH3 is 1. The molecule has 25 heavy (non-hydrogen) atoms. The molecule has 1 N–H and O–H groups in total. The molecule has 4 aromatic heterocycles. The summed E-state index contributed by atoms with van der Waals surface area (Å²) in [5.74, 6) is 2.38. The molecule has 4 rings (SSSR count). The Balaban J connectivity index is 1.63. The van der Waals surface area contributed by atoms with Crippen LogP contribution in [0.5, 0.6) is 5.88 Å². The van der Waals surface area contributed by atoms with E-state index in [2.05, 4.69) is 37.3 Å². The number of ether oxygens (including phenoxy) is 1. The SMILES string of the molecule is CCn1cnc(Nc2ncnc3c2ncn3Cc2cc(OC)no2)c1. The maximum atomic E-state index is 5.22. The summed E-state index contributed by atoms with van der Waals surface area (Å²) in [6.07, 6.45) is 6.84. The van der Waals surface area contributed by atoms with Gasteiger partial charge in [-0.25, -0.2) is 19.9 Å². The molecular weight excluding hydrogens is 324 g/mol. The number of imidazole rings is 2. The third-order valence-corrected chi connectivity index (χ3v) is 3.72. The van der Waals surface area contributed by atoms with Crippen LogP contribution in [0.3, 0.4) is 0 Å². The van der Waals surface area contributed by atoms with Crippen LogP contribution in [0.1, 0.15) is 12.7 Å². The van der Waals surface area contributed by atoms with Gasteiger partial charge in [0.15, 0.2) is 22.7 Å². The maximum absolute atomic E-state index is 5.22. The standard InChI is InChI=1S/C15H16N8O2/c1-3-22-6-11(18-8-22)20-14-13-15(17-7-16-14)23(9-19-13)5-10-4-12(24-2)21-25-10/h4,6-9H,3,5H2,1-2H3,(H,16,17,20). The molecule has 10 nitrogen and oxygen atoms in total. The molecule has 0 amide bonds. The lowest BCUT2D eigenvalue weighted by Crippen LogP contribution is -2.00. The molecule has 0 radical (unpaired) electrons. The molecular formula is C15H16N8O2. The van der Waals surface area contributed by atoms with Crippen LogP contribution in [0.4, 0.5) is 11.6 Å². The van der Waals surface area contributed by atoms with Crippen molar-refractivity contribution in [3.05, 3.63) is 37.0 Å². The van der Waals surface area contributed by atoms with E-state index < -0.39 is 0 Å². The van der Waals surface area contributed by atoms with Crippen LogP contribution in [-0.2, 0) is 13.1 Å². The van der Waals surface area contributed by atoms with Gasteiger partial charge < -0.3 is 23.7 Å². The Morgan fingerprint density at radius 3 is 2.88 bits per heavy atom. The van der Waals surface area contributed by atoms with Gasteiger partial charge in [0.05, 0.1) is 26.3 Å². The molecule has 0 atom stereocenters. The first kappa shape index (κ1) is 15.1. The minimum atomic E-state index is 0.433. The average Bonchev–Trinajstić information content (AvgIpc) is 3.36. The van der Waals surface area contributed by atoms with Crippen molar-refractivity contribution in [2.75, 3.05) is 12.4 Å². The molecule has 0 aromatic carbocycles. The molecule has 0 spiro atoms. The van der Waals surface area contributed by atoms with Crippen LogP contribution in [0.2, 0.25) is 0 Å².